The molecular weight excluding hydrogens is 288 g/mol. The molecule has 0 fully saturated rings. The number of phenols is 1. The molecule has 2 aromatic rings. The fraction of sp³-hybridized carbons (Fsp3) is 0.0667. The molecule has 0 heterocycles. The van der Waals surface area contributed by atoms with Crippen LogP contribution in [-0.2, 0) is 4.74 Å². The summed E-state index contributed by atoms with van der Waals surface area (Å²) in [5.74, 6) is -2.06. The van der Waals surface area contributed by atoms with Crippen LogP contribution in [0.2, 0.25) is 0 Å². The van der Waals surface area contributed by atoms with Gasteiger partial charge in [0.1, 0.15) is 11.3 Å². The van der Waals surface area contributed by atoms with Gasteiger partial charge in [0.25, 0.3) is 0 Å². The molecule has 2 aromatic carbocycles. The fourth-order valence-electron chi connectivity index (χ4n) is 1.76. The minimum atomic E-state index is -1.01. The highest BCUT2D eigenvalue weighted by Crippen LogP contribution is 2.26. The quantitative estimate of drug-likeness (QED) is 0.340. The van der Waals surface area contributed by atoms with Crippen molar-refractivity contribution in [1.29, 1.82) is 0 Å². The maximum atomic E-state index is 12.0. The number of nitrogens with two attached hydrogens (primary N) is 2. The molecular formula is C15H14N2O5. The van der Waals surface area contributed by atoms with Crippen molar-refractivity contribution in [2.24, 2.45) is 0 Å². The standard InChI is InChI=1S/C15H14N2O5/c1-21-12-7-8(5-6-10(12)16)14(19)22-15(20)9-3-2-4-11(17)13(9)18/h2-7,18H,16-17H2,1H3. The first-order chi connectivity index (χ1) is 10.4. The van der Waals surface area contributed by atoms with Crippen LogP contribution in [0.1, 0.15) is 20.7 Å². The number of carbonyl (C=O) groups is 2. The second-order valence-electron chi connectivity index (χ2n) is 4.38. The normalized spacial score (nSPS) is 10.0. The lowest BCUT2D eigenvalue weighted by molar-refractivity contribution is 0.0396. The van der Waals surface area contributed by atoms with Gasteiger partial charge in [0.2, 0.25) is 0 Å². The van der Waals surface area contributed by atoms with Crippen molar-refractivity contribution >= 4 is 23.3 Å². The van der Waals surface area contributed by atoms with Gasteiger partial charge in [0.15, 0.2) is 5.75 Å². The maximum Gasteiger partial charge on any atom is 0.349 e. The number of carbonyl (C=O) groups excluding carboxylic acids is 2. The molecule has 0 saturated carbocycles. The number of esters is 2. The maximum absolute atomic E-state index is 12.0. The Morgan fingerprint density at radius 1 is 1.05 bits per heavy atom. The first kappa shape index (κ1) is 15.2. The molecule has 0 bridgehead atoms. The molecule has 2 rings (SSSR count). The third kappa shape index (κ3) is 2.93. The summed E-state index contributed by atoms with van der Waals surface area (Å²) in [6.45, 7) is 0. The average Bonchev–Trinajstić information content (AvgIpc) is 2.50. The Balaban J connectivity index is 2.21. The molecule has 0 aliphatic rings. The number of rotatable bonds is 3. The van der Waals surface area contributed by atoms with Crippen molar-refractivity contribution in [3.8, 4) is 11.5 Å². The molecule has 22 heavy (non-hydrogen) atoms. The van der Waals surface area contributed by atoms with E-state index in [0.717, 1.165) is 0 Å². The largest absolute Gasteiger partial charge is 0.505 e. The highest BCUT2D eigenvalue weighted by atomic mass is 16.6. The number of para-hydroxylation sites is 1. The van der Waals surface area contributed by atoms with E-state index in [1.54, 1.807) is 0 Å². The van der Waals surface area contributed by atoms with Gasteiger partial charge < -0.3 is 26.0 Å². The van der Waals surface area contributed by atoms with E-state index in [2.05, 4.69) is 0 Å². The minimum Gasteiger partial charge on any atom is -0.505 e. The third-order valence-electron chi connectivity index (χ3n) is 2.94. The van der Waals surface area contributed by atoms with Crippen LogP contribution in [0.3, 0.4) is 0 Å². The van der Waals surface area contributed by atoms with Crippen LogP contribution in [0.5, 0.6) is 11.5 Å². The molecule has 0 unspecified atom stereocenters. The molecule has 0 aliphatic heterocycles. The van der Waals surface area contributed by atoms with E-state index in [0.29, 0.717) is 5.69 Å². The van der Waals surface area contributed by atoms with Crippen molar-refractivity contribution in [3.05, 3.63) is 47.5 Å². The summed E-state index contributed by atoms with van der Waals surface area (Å²) in [7, 11) is 1.40. The van der Waals surface area contributed by atoms with E-state index < -0.39 is 17.7 Å². The summed E-state index contributed by atoms with van der Waals surface area (Å²) in [5.41, 5.74) is 11.4. The van der Waals surface area contributed by atoms with E-state index in [9.17, 15) is 14.7 Å². The second kappa shape index (κ2) is 6.04. The first-order valence-corrected chi connectivity index (χ1v) is 6.21. The molecule has 5 N–H and O–H groups in total. The van der Waals surface area contributed by atoms with E-state index in [-0.39, 0.29) is 22.6 Å². The zero-order valence-corrected chi connectivity index (χ0v) is 11.7. The Morgan fingerprint density at radius 3 is 2.45 bits per heavy atom. The molecule has 0 atom stereocenters. The topological polar surface area (TPSA) is 125 Å². The predicted molar refractivity (Wildman–Crippen MR) is 79.7 cm³/mol. The minimum absolute atomic E-state index is 0.0102. The van der Waals surface area contributed by atoms with Crippen LogP contribution in [-0.4, -0.2) is 24.2 Å². The smallest absolute Gasteiger partial charge is 0.349 e. The fourth-order valence-corrected chi connectivity index (χ4v) is 1.76. The predicted octanol–water partition coefficient (Wildman–Crippen LogP) is 1.56. The number of methoxy groups -OCH3 is 1. The Labute approximate surface area is 126 Å². The van der Waals surface area contributed by atoms with E-state index in [1.807, 2.05) is 0 Å². The van der Waals surface area contributed by atoms with E-state index >= 15 is 0 Å². The number of anilines is 2. The van der Waals surface area contributed by atoms with Gasteiger partial charge in [-0.05, 0) is 30.3 Å². The molecule has 0 aromatic heterocycles. The summed E-state index contributed by atoms with van der Waals surface area (Å²) in [6.07, 6.45) is 0. The van der Waals surface area contributed by atoms with Gasteiger partial charge in [-0.1, -0.05) is 6.07 Å². The molecule has 0 amide bonds. The van der Waals surface area contributed by atoms with Gasteiger partial charge in [-0.2, -0.15) is 0 Å². The van der Waals surface area contributed by atoms with Crippen molar-refractivity contribution in [2.75, 3.05) is 18.6 Å². The highest BCUT2D eigenvalue weighted by Gasteiger charge is 2.19. The average molecular weight is 302 g/mol. The Bertz CT molecular complexity index is 743. The monoisotopic (exact) mass is 302 g/mol. The molecule has 0 saturated heterocycles. The number of aromatic hydroxyl groups is 1. The number of nitrogen functional groups attached to an aromatic ring is 2. The highest BCUT2D eigenvalue weighted by molar-refractivity contribution is 6.04. The van der Waals surface area contributed by atoms with E-state index in [4.69, 9.17) is 20.9 Å². The van der Waals surface area contributed by atoms with Gasteiger partial charge in [-0.3, -0.25) is 0 Å². The second-order valence-corrected chi connectivity index (χ2v) is 4.38. The summed E-state index contributed by atoms with van der Waals surface area (Å²) in [6, 6.07) is 8.38. The third-order valence-corrected chi connectivity index (χ3v) is 2.94. The molecule has 7 nitrogen and oxygen atoms in total. The number of ether oxygens (including phenoxy) is 2. The Hall–Kier alpha value is -3.22. The number of phenolic OH excluding ortho intramolecular Hbond substituents is 1. The van der Waals surface area contributed by atoms with Gasteiger partial charge in [0.05, 0.1) is 24.0 Å². The molecule has 7 heteroatoms. The lowest BCUT2D eigenvalue weighted by Gasteiger charge is -2.08. The molecule has 0 aliphatic carbocycles. The Kier molecular flexibility index (Phi) is 4.17. The van der Waals surface area contributed by atoms with Crippen LogP contribution in [0.15, 0.2) is 36.4 Å². The number of hydrogen-bond acceptors (Lipinski definition) is 7. The van der Waals surface area contributed by atoms with Crippen molar-refractivity contribution in [3.63, 3.8) is 0 Å². The molecule has 114 valence electrons. The summed E-state index contributed by atoms with van der Waals surface area (Å²) in [5, 5.41) is 9.70. The lowest BCUT2D eigenvalue weighted by atomic mass is 10.1. The van der Waals surface area contributed by atoms with Crippen LogP contribution >= 0.6 is 0 Å². The Morgan fingerprint density at radius 2 is 1.77 bits per heavy atom. The van der Waals surface area contributed by atoms with Gasteiger partial charge in [0, 0.05) is 0 Å². The van der Waals surface area contributed by atoms with Gasteiger partial charge in [-0.15, -0.1) is 0 Å². The molecule has 0 spiro atoms. The van der Waals surface area contributed by atoms with Crippen molar-refractivity contribution < 1.29 is 24.2 Å². The molecule has 0 radical (unpaired) electrons. The number of benzene rings is 2. The van der Waals surface area contributed by atoms with Crippen LogP contribution in [0, 0.1) is 0 Å². The van der Waals surface area contributed by atoms with E-state index in [1.165, 1.54) is 43.5 Å². The van der Waals surface area contributed by atoms with Crippen molar-refractivity contribution in [2.45, 2.75) is 0 Å². The van der Waals surface area contributed by atoms with Crippen LogP contribution < -0.4 is 16.2 Å². The zero-order valence-electron chi connectivity index (χ0n) is 11.7. The SMILES string of the molecule is COc1cc(C(=O)OC(=O)c2cccc(N)c2O)ccc1N. The summed E-state index contributed by atoms with van der Waals surface area (Å²) >= 11 is 0. The number of hydrogen-bond donors (Lipinski definition) is 3. The first-order valence-electron chi connectivity index (χ1n) is 6.21. The van der Waals surface area contributed by atoms with Gasteiger partial charge >= 0.3 is 11.9 Å². The van der Waals surface area contributed by atoms with Crippen LogP contribution in [0.25, 0.3) is 0 Å². The van der Waals surface area contributed by atoms with Gasteiger partial charge in [-0.25, -0.2) is 9.59 Å². The summed E-state index contributed by atoms with van der Waals surface area (Å²) in [4.78, 5) is 23.9. The lowest BCUT2D eigenvalue weighted by Crippen LogP contribution is -2.13. The summed E-state index contributed by atoms with van der Waals surface area (Å²) < 4.78 is 9.69. The van der Waals surface area contributed by atoms with Crippen molar-refractivity contribution in [1.82, 2.24) is 0 Å². The zero-order chi connectivity index (χ0) is 16.3. The van der Waals surface area contributed by atoms with Crippen LogP contribution in [0.4, 0.5) is 11.4 Å².